The molecule has 0 radical (unpaired) electrons. The van der Waals surface area contributed by atoms with E-state index in [-0.39, 0.29) is 0 Å². The van der Waals surface area contributed by atoms with Crippen LogP contribution in [0.2, 0.25) is 0 Å². The van der Waals surface area contributed by atoms with Crippen LogP contribution in [-0.2, 0) is 20.8 Å². The van der Waals surface area contributed by atoms with E-state index in [2.05, 4.69) is 0 Å². The lowest BCUT2D eigenvalue weighted by Gasteiger charge is -2.23. The number of hydrogen-bond acceptors (Lipinski definition) is 4. The van der Waals surface area contributed by atoms with Crippen LogP contribution in [0.25, 0.3) is 0 Å². The van der Waals surface area contributed by atoms with Gasteiger partial charge < -0.3 is 20.1 Å². The lowest BCUT2D eigenvalue weighted by atomic mass is 10.1. The number of esters is 1. The van der Waals surface area contributed by atoms with Crippen molar-refractivity contribution in [2.45, 2.75) is 19.6 Å². The molecule has 1 amide bonds. The summed E-state index contributed by atoms with van der Waals surface area (Å²) in [6, 6.07) is 7.25. The van der Waals surface area contributed by atoms with Crippen LogP contribution < -0.4 is 10.6 Å². The first-order chi connectivity index (χ1) is 10.1. The Bertz CT molecular complexity index is 495. The van der Waals surface area contributed by atoms with E-state index in [4.69, 9.17) is 15.2 Å². The van der Waals surface area contributed by atoms with Gasteiger partial charge in [0.05, 0.1) is 18.8 Å². The minimum Gasteiger partial charge on any atom is -0.449 e. The van der Waals surface area contributed by atoms with Crippen molar-refractivity contribution in [3.8, 4) is 0 Å². The molecule has 1 atom stereocenters. The number of hydrogen-bond donors (Lipinski definition) is 2. The summed E-state index contributed by atoms with van der Waals surface area (Å²) >= 11 is 0. The average Bonchev–Trinajstić information content (AvgIpc) is 2.48. The number of carbonyl (C=O) groups excluding carboxylic acids is 2. The van der Waals surface area contributed by atoms with Gasteiger partial charge in [-0.25, -0.2) is 4.79 Å². The number of carbonyl (C=O) groups is 2. The van der Waals surface area contributed by atoms with E-state index in [0.29, 0.717) is 5.56 Å². The molecule has 3 N–H and O–H groups in total. The van der Waals surface area contributed by atoms with Gasteiger partial charge in [0.2, 0.25) is 0 Å². The number of rotatable bonds is 5. The molecule has 2 rings (SSSR count). The highest BCUT2D eigenvalue weighted by molar-refractivity contribution is 5.91. The molecule has 0 bridgehead atoms. The van der Waals surface area contributed by atoms with E-state index in [9.17, 15) is 9.59 Å². The van der Waals surface area contributed by atoms with Crippen molar-refractivity contribution in [2.75, 3.05) is 26.3 Å². The van der Waals surface area contributed by atoms with E-state index in [1.165, 1.54) is 11.8 Å². The molecule has 1 saturated heterocycles. The normalized spacial score (nSPS) is 17.2. The van der Waals surface area contributed by atoms with Crippen LogP contribution in [0.15, 0.2) is 24.3 Å². The van der Waals surface area contributed by atoms with E-state index in [1.54, 1.807) is 12.1 Å². The monoisotopic (exact) mass is 293 g/mol. The largest absolute Gasteiger partial charge is 0.449 e. The highest BCUT2D eigenvalue weighted by Gasteiger charge is 2.17. The third-order valence-electron chi connectivity index (χ3n) is 3.53. The number of primary amides is 1. The van der Waals surface area contributed by atoms with Crippen LogP contribution in [0.5, 0.6) is 0 Å². The Morgan fingerprint density at radius 1 is 1.29 bits per heavy atom. The second kappa shape index (κ2) is 7.19. The molecule has 1 aromatic carbocycles. The van der Waals surface area contributed by atoms with Crippen LogP contribution >= 0.6 is 0 Å². The van der Waals surface area contributed by atoms with Gasteiger partial charge in [0, 0.05) is 5.56 Å². The first-order valence-corrected chi connectivity index (χ1v) is 7.07. The summed E-state index contributed by atoms with van der Waals surface area (Å²) in [5.41, 5.74) is 6.64. The minimum atomic E-state index is -0.921. The van der Waals surface area contributed by atoms with E-state index >= 15 is 0 Å². The van der Waals surface area contributed by atoms with Crippen LogP contribution in [-0.4, -0.2) is 44.3 Å². The maximum Gasteiger partial charge on any atom is 0.338 e. The smallest absolute Gasteiger partial charge is 0.338 e. The fourth-order valence-corrected chi connectivity index (χ4v) is 2.17. The van der Waals surface area contributed by atoms with Gasteiger partial charge in [-0.15, -0.1) is 0 Å². The molecule has 6 nitrogen and oxygen atoms in total. The average molecular weight is 293 g/mol. The van der Waals surface area contributed by atoms with Gasteiger partial charge in [-0.2, -0.15) is 0 Å². The van der Waals surface area contributed by atoms with Crippen molar-refractivity contribution in [2.24, 2.45) is 5.73 Å². The SMILES string of the molecule is C[C@@H](OC(=O)c1ccc(C[NH+]2CCOCC2)cc1)C(N)=O. The van der Waals surface area contributed by atoms with E-state index in [1.807, 2.05) is 12.1 Å². The predicted molar refractivity (Wildman–Crippen MR) is 75.7 cm³/mol. The topological polar surface area (TPSA) is 83.1 Å². The number of amides is 1. The first kappa shape index (κ1) is 15.5. The predicted octanol–water partition coefficient (Wildman–Crippen LogP) is -0.868. The molecule has 0 aromatic heterocycles. The maximum atomic E-state index is 11.8. The zero-order valence-electron chi connectivity index (χ0n) is 12.1. The molecule has 0 aliphatic carbocycles. The van der Waals surface area contributed by atoms with Gasteiger partial charge in [-0.05, 0) is 19.1 Å². The molecule has 114 valence electrons. The number of morpholine rings is 1. The quantitative estimate of drug-likeness (QED) is 0.692. The van der Waals surface area contributed by atoms with Crippen LogP contribution in [0.1, 0.15) is 22.8 Å². The van der Waals surface area contributed by atoms with Crippen LogP contribution in [0.3, 0.4) is 0 Å². The number of benzene rings is 1. The Morgan fingerprint density at radius 2 is 1.90 bits per heavy atom. The van der Waals surface area contributed by atoms with Crippen LogP contribution in [0, 0.1) is 0 Å². The Labute approximate surface area is 123 Å². The van der Waals surface area contributed by atoms with Crippen molar-refractivity contribution >= 4 is 11.9 Å². The zero-order chi connectivity index (χ0) is 15.2. The Kier molecular flexibility index (Phi) is 5.30. The molecular formula is C15H21N2O4+. The maximum absolute atomic E-state index is 11.8. The summed E-state index contributed by atoms with van der Waals surface area (Å²) in [4.78, 5) is 24.2. The Balaban J connectivity index is 1.91. The molecule has 0 saturated carbocycles. The van der Waals surface area contributed by atoms with E-state index < -0.39 is 18.0 Å². The Morgan fingerprint density at radius 3 is 2.48 bits per heavy atom. The van der Waals surface area contributed by atoms with Crippen molar-refractivity contribution in [3.63, 3.8) is 0 Å². The third kappa shape index (κ3) is 4.54. The Hall–Kier alpha value is -1.92. The number of ether oxygens (including phenoxy) is 2. The van der Waals surface area contributed by atoms with Gasteiger partial charge in [0.1, 0.15) is 19.6 Å². The summed E-state index contributed by atoms with van der Waals surface area (Å²) in [5.74, 6) is -1.19. The van der Waals surface area contributed by atoms with Gasteiger partial charge in [-0.3, -0.25) is 4.79 Å². The van der Waals surface area contributed by atoms with Gasteiger partial charge in [-0.1, -0.05) is 12.1 Å². The fraction of sp³-hybridized carbons (Fsp3) is 0.467. The van der Waals surface area contributed by atoms with Crippen molar-refractivity contribution in [3.05, 3.63) is 35.4 Å². The molecule has 6 heteroatoms. The summed E-state index contributed by atoms with van der Waals surface area (Å²) in [7, 11) is 0. The van der Waals surface area contributed by atoms with Gasteiger partial charge >= 0.3 is 5.97 Å². The molecule has 0 spiro atoms. The molecule has 1 aliphatic rings. The summed E-state index contributed by atoms with van der Waals surface area (Å²) in [6.07, 6.45) is -0.921. The second-order valence-electron chi connectivity index (χ2n) is 5.19. The molecular weight excluding hydrogens is 272 g/mol. The summed E-state index contributed by atoms with van der Waals surface area (Å²) in [6.45, 7) is 5.96. The highest BCUT2D eigenvalue weighted by atomic mass is 16.5. The second-order valence-corrected chi connectivity index (χ2v) is 5.19. The zero-order valence-corrected chi connectivity index (χ0v) is 12.1. The van der Waals surface area contributed by atoms with Gasteiger partial charge in [0.15, 0.2) is 6.10 Å². The number of nitrogens with two attached hydrogens (primary N) is 1. The third-order valence-corrected chi connectivity index (χ3v) is 3.53. The van der Waals surface area contributed by atoms with E-state index in [0.717, 1.165) is 38.4 Å². The molecule has 1 heterocycles. The van der Waals surface area contributed by atoms with Crippen molar-refractivity contribution < 1.29 is 24.0 Å². The van der Waals surface area contributed by atoms with Crippen molar-refractivity contribution in [1.29, 1.82) is 0 Å². The lowest BCUT2D eigenvalue weighted by molar-refractivity contribution is -0.921. The first-order valence-electron chi connectivity index (χ1n) is 7.07. The molecule has 0 unspecified atom stereocenters. The number of quaternary nitrogens is 1. The molecule has 1 aromatic rings. The number of nitrogens with one attached hydrogen (secondary N) is 1. The fourth-order valence-electron chi connectivity index (χ4n) is 2.17. The standard InChI is InChI=1S/C15H20N2O4/c1-11(14(16)18)21-15(19)13-4-2-12(3-5-13)10-17-6-8-20-9-7-17/h2-5,11H,6-10H2,1H3,(H2,16,18)/p+1/t11-/m1/s1. The van der Waals surface area contributed by atoms with Crippen molar-refractivity contribution in [1.82, 2.24) is 0 Å². The minimum absolute atomic E-state index is 0.420. The summed E-state index contributed by atoms with van der Waals surface area (Å²) < 4.78 is 10.3. The molecule has 1 aliphatic heterocycles. The highest BCUT2D eigenvalue weighted by Crippen LogP contribution is 2.07. The van der Waals surface area contributed by atoms with Gasteiger partial charge in [0.25, 0.3) is 5.91 Å². The molecule has 1 fully saturated rings. The molecule has 21 heavy (non-hydrogen) atoms. The summed E-state index contributed by atoms with van der Waals surface area (Å²) in [5, 5.41) is 0. The lowest BCUT2D eigenvalue weighted by Crippen LogP contribution is -3.12. The van der Waals surface area contributed by atoms with Crippen LogP contribution in [0.4, 0.5) is 0 Å².